The Bertz CT molecular complexity index is 638. The van der Waals surface area contributed by atoms with Gasteiger partial charge in [-0.1, -0.05) is 0 Å². The highest BCUT2D eigenvalue weighted by Gasteiger charge is 2.38. The second-order valence-electron chi connectivity index (χ2n) is 5.88. The Kier molecular flexibility index (Phi) is 4.03. The monoisotopic (exact) mass is 325 g/mol. The summed E-state index contributed by atoms with van der Waals surface area (Å²) < 4.78 is 28.8. The predicted octanol–water partition coefficient (Wildman–Crippen LogP) is 0.294. The van der Waals surface area contributed by atoms with Crippen LogP contribution >= 0.6 is 0 Å². The summed E-state index contributed by atoms with van der Waals surface area (Å²) in [5, 5.41) is 9.09. The van der Waals surface area contributed by atoms with Gasteiger partial charge in [-0.3, -0.25) is 14.5 Å². The van der Waals surface area contributed by atoms with Gasteiger partial charge in [0.2, 0.25) is 11.8 Å². The minimum absolute atomic E-state index is 0.00940. The first-order valence-corrected chi connectivity index (χ1v) is 7.37. The first-order chi connectivity index (χ1) is 10.9. The maximum atomic E-state index is 14.4. The van der Waals surface area contributed by atoms with E-state index >= 15 is 0 Å². The molecule has 1 aromatic carbocycles. The van der Waals surface area contributed by atoms with Gasteiger partial charge in [0, 0.05) is 36.8 Å². The second kappa shape index (κ2) is 5.86. The Morgan fingerprint density at radius 1 is 1.22 bits per heavy atom. The summed E-state index contributed by atoms with van der Waals surface area (Å²) in [4.78, 5) is 26.1. The zero-order valence-corrected chi connectivity index (χ0v) is 12.3. The van der Waals surface area contributed by atoms with Crippen LogP contribution in [-0.4, -0.2) is 47.7 Å². The summed E-state index contributed by atoms with van der Waals surface area (Å²) >= 11 is 0. The molecule has 1 aromatic rings. The molecule has 2 fully saturated rings. The zero-order valence-electron chi connectivity index (χ0n) is 12.3. The van der Waals surface area contributed by atoms with Crippen LogP contribution in [-0.2, 0) is 9.59 Å². The molecule has 0 aromatic heterocycles. The van der Waals surface area contributed by atoms with Gasteiger partial charge in [-0.05, 0) is 18.6 Å². The predicted molar refractivity (Wildman–Crippen MR) is 77.5 cm³/mol. The Morgan fingerprint density at radius 2 is 1.83 bits per heavy atom. The number of amides is 2. The number of nitrogens with two attached hydrogens (primary N) is 1. The van der Waals surface area contributed by atoms with Crippen molar-refractivity contribution in [2.24, 2.45) is 5.73 Å². The summed E-state index contributed by atoms with van der Waals surface area (Å²) in [7, 11) is 0. The van der Waals surface area contributed by atoms with E-state index in [1.54, 1.807) is 4.90 Å². The molecule has 8 heteroatoms. The van der Waals surface area contributed by atoms with Gasteiger partial charge < -0.3 is 15.7 Å². The maximum Gasteiger partial charge on any atom is 0.238 e. The van der Waals surface area contributed by atoms with Gasteiger partial charge >= 0.3 is 0 Å². The summed E-state index contributed by atoms with van der Waals surface area (Å²) in [5.74, 6) is -4.08. The smallest absolute Gasteiger partial charge is 0.238 e. The Hall–Kier alpha value is -2.06. The molecule has 2 saturated heterocycles. The number of hydrogen-bond acceptors (Lipinski definition) is 5. The fourth-order valence-electron chi connectivity index (χ4n) is 3.06. The number of rotatable bonds is 3. The van der Waals surface area contributed by atoms with Crippen molar-refractivity contribution in [2.75, 3.05) is 24.7 Å². The van der Waals surface area contributed by atoms with E-state index < -0.39 is 36.1 Å². The van der Waals surface area contributed by atoms with Gasteiger partial charge in [0.25, 0.3) is 0 Å². The molecule has 1 unspecified atom stereocenters. The third kappa shape index (κ3) is 2.68. The number of anilines is 1. The molecular weight excluding hydrogens is 308 g/mol. The Morgan fingerprint density at radius 3 is 2.35 bits per heavy atom. The lowest BCUT2D eigenvalue weighted by Crippen LogP contribution is -2.56. The molecule has 1 atom stereocenters. The topological polar surface area (TPSA) is 86.9 Å². The average Bonchev–Trinajstić information content (AvgIpc) is 2.46. The highest BCUT2D eigenvalue weighted by molar-refractivity contribution is 6.01. The van der Waals surface area contributed by atoms with Crippen molar-refractivity contribution < 1.29 is 23.5 Å². The van der Waals surface area contributed by atoms with E-state index in [9.17, 15) is 18.4 Å². The number of hydrogen-bond donors (Lipinski definition) is 2. The molecule has 0 bridgehead atoms. The number of likely N-dealkylation sites (tertiary alicyclic amines) is 1. The van der Waals surface area contributed by atoms with E-state index in [0.29, 0.717) is 23.7 Å². The zero-order chi connectivity index (χ0) is 16.7. The Labute approximate surface area is 131 Å². The molecule has 0 aliphatic carbocycles. The van der Waals surface area contributed by atoms with Crippen LogP contribution < -0.4 is 10.6 Å². The maximum absolute atomic E-state index is 14.4. The summed E-state index contributed by atoms with van der Waals surface area (Å²) in [6.07, 6.45) is -0.0193. The number of imide groups is 1. The van der Waals surface area contributed by atoms with Crippen LogP contribution in [0.4, 0.5) is 14.5 Å². The van der Waals surface area contributed by atoms with E-state index in [0.717, 1.165) is 0 Å². The van der Waals surface area contributed by atoms with Crippen LogP contribution in [0.25, 0.3) is 0 Å². The molecule has 2 heterocycles. The lowest BCUT2D eigenvalue weighted by molar-refractivity contribution is -0.153. The quantitative estimate of drug-likeness (QED) is 0.780. The van der Waals surface area contributed by atoms with Crippen LogP contribution in [0.3, 0.4) is 0 Å². The van der Waals surface area contributed by atoms with E-state index in [1.807, 2.05) is 0 Å². The van der Waals surface area contributed by atoms with E-state index in [4.69, 9.17) is 10.8 Å². The first kappa shape index (κ1) is 15.8. The molecule has 2 amide bonds. The van der Waals surface area contributed by atoms with Crippen molar-refractivity contribution in [1.29, 1.82) is 0 Å². The second-order valence-corrected chi connectivity index (χ2v) is 5.88. The fraction of sp³-hybridized carbons (Fsp3) is 0.467. The van der Waals surface area contributed by atoms with Gasteiger partial charge in [-0.25, -0.2) is 8.78 Å². The van der Waals surface area contributed by atoms with Crippen LogP contribution in [0.1, 0.15) is 24.3 Å². The van der Waals surface area contributed by atoms with Crippen molar-refractivity contribution in [3.63, 3.8) is 0 Å². The summed E-state index contributed by atoms with van der Waals surface area (Å²) in [5.41, 5.74) is 5.68. The summed E-state index contributed by atoms with van der Waals surface area (Å²) in [6, 6.07) is 2.35. The van der Waals surface area contributed by atoms with E-state index in [-0.39, 0.29) is 24.4 Å². The van der Waals surface area contributed by atoms with Crippen LogP contribution in [0.5, 0.6) is 0 Å². The molecular formula is C15H17F2N3O3. The normalized spacial score (nSPS) is 22.5. The van der Waals surface area contributed by atoms with E-state index in [2.05, 4.69) is 0 Å². The first-order valence-electron chi connectivity index (χ1n) is 7.37. The van der Waals surface area contributed by atoms with Gasteiger partial charge in [-0.15, -0.1) is 0 Å². The van der Waals surface area contributed by atoms with Crippen molar-refractivity contribution >= 4 is 17.5 Å². The van der Waals surface area contributed by atoms with Crippen molar-refractivity contribution in [3.05, 3.63) is 29.3 Å². The molecule has 2 aliphatic heterocycles. The lowest BCUT2D eigenvalue weighted by Gasteiger charge is -2.39. The summed E-state index contributed by atoms with van der Waals surface area (Å²) in [6.45, 7) is 0.252. The molecule has 23 heavy (non-hydrogen) atoms. The van der Waals surface area contributed by atoms with Crippen molar-refractivity contribution in [2.45, 2.75) is 24.8 Å². The van der Waals surface area contributed by atoms with Crippen LogP contribution in [0.2, 0.25) is 0 Å². The molecule has 0 spiro atoms. The van der Waals surface area contributed by atoms with Gasteiger partial charge in [0.15, 0.2) is 0 Å². The molecule has 3 rings (SSSR count). The van der Waals surface area contributed by atoms with Crippen LogP contribution in [0, 0.1) is 11.6 Å². The number of aliphatic hydroxyl groups is 1. The standard InChI is InChI=1S/C15H17F2N3O3/c16-11-3-9(19-5-8(18)6-19)4-12(17)14(11)10-1-2-13(22)20(7-21)15(10)23/h3-4,8,10,21H,1-2,5-7,18H2. The van der Waals surface area contributed by atoms with E-state index in [1.165, 1.54) is 12.1 Å². The third-order valence-electron chi connectivity index (χ3n) is 4.34. The minimum atomic E-state index is -1.10. The van der Waals surface area contributed by atoms with Gasteiger partial charge in [-0.2, -0.15) is 0 Å². The molecule has 124 valence electrons. The van der Waals surface area contributed by atoms with Crippen LogP contribution in [0.15, 0.2) is 12.1 Å². The lowest BCUT2D eigenvalue weighted by atomic mass is 9.88. The third-order valence-corrected chi connectivity index (χ3v) is 4.34. The molecule has 0 radical (unpaired) electrons. The average molecular weight is 325 g/mol. The largest absolute Gasteiger partial charge is 0.376 e. The van der Waals surface area contributed by atoms with Crippen molar-refractivity contribution in [1.82, 2.24) is 4.90 Å². The molecule has 2 aliphatic rings. The minimum Gasteiger partial charge on any atom is -0.376 e. The molecule has 6 nitrogen and oxygen atoms in total. The van der Waals surface area contributed by atoms with Gasteiger partial charge in [0.1, 0.15) is 18.4 Å². The highest BCUT2D eigenvalue weighted by Crippen LogP contribution is 2.35. The number of halogens is 2. The van der Waals surface area contributed by atoms with Gasteiger partial charge in [0.05, 0.1) is 5.92 Å². The number of nitrogens with zero attached hydrogens (tertiary/aromatic N) is 2. The van der Waals surface area contributed by atoms with Crippen molar-refractivity contribution in [3.8, 4) is 0 Å². The fourth-order valence-corrected chi connectivity index (χ4v) is 3.06. The Balaban J connectivity index is 1.91. The molecule has 0 saturated carbocycles. The SMILES string of the molecule is NC1CN(c2cc(F)c(C3CCC(=O)N(CO)C3=O)c(F)c2)C1. The number of carbonyl (C=O) groups excluding carboxylic acids is 2. The number of benzene rings is 1. The molecule has 3 N–H and O–H groups in total. The number of carbonyl (C=O) groups is 2. The number of piperidine rings is 1. The highest BCUT2D eigenvalue weighted by atomic mass is 19.1. The number of aliphatic hydroxyl groups excluding tert-OH is 1.